The molecule has 2 saturated carbocycles. The number of carbonyl (C=O) groups excluding carboxylic acids is 1. The van der Waals surface area contributed by atoms with E-state index in [1.54, 1.807) is 24.3 Å². The summed E-state index contributed by atoms with van der Waals surface area (Å²) in [5.74, 6) is -3.73. The summed E-state index contributed by atoms with van der Waals surface area (Å²) in [7, 11) is 0. The van der Waals surface area contributed by atoms with Crippen LogP contribution in [-0.4, -0.2) is 21.6 Å². The van der Waals surface area contributed by atoms with E-state index in [-0.39, 0.29) is 17.8 Å². The molecule has 0 saturated heterocycles. The Morgan fingerprint density at radius 3 is 2.89 bits per heavy atom. The van der Waals surface area contributed by atoms with E-state index in [1.807, 2.05) is 6.07 Å². The Balaban J connectivity index is 1.56. The fourth-order valence-electron chi connectivity index (χ4n) is 4.39. The van der Waals surface area contributed by atoms with Crippen molar-refractivity contribution in [1.82, 2.24) is 9.78 Å². The average Bonchev–Trinajstić information content (AvgIpc) is 2.93. The molecule has 4 rings (SSSR count). The number of anilines is 2. The third kappa shape index (κ3) is 2.57. The highest BCUT2D eigenvalue weighted by Crippen LogP contribution is 2.73. The van der Waals surface area contributed by atoms with Crippen LogP contribution >= 0.6 is 0 Å². The minimum absolute atomic E-state index is 0.152. The number of hydrogen-bond acceptors (Lipinski definition) is 4. The van der Waals surface area contributed by atoms with Crippen LogP contribution in [0, 0.1) is 22.7 Å². The first-order chi connectivity index (χ1) is 12.9. The van der Waals surface area contributed by atoms with Gasteiger partial charge in [-0.15, -0.1) is 0 Å². The van der Waals surface area contributed by atoms with Crippen molar-refractivity contribution in [3.8, 4) is 11.8 Å². The number of amides is 1. The number of rotatable bonds is 4. The summed E-state index contributed by atoms with van der Waals surface area (Å²) >= 11 is 0. The predicted octanol–water partition coefficient (Wildman–Crippen LogP) is 3.48. The number of benzene rings is 1. The number of aromatic nitrogens is 2. The highest BCUT2D eigenvalue weighted by molar-refractivity contribution is 5.93. The summed E-state index contributed by atoms with van der Waals surface area (Å²) in [5.41, 5.74) is 5.84. The van der Waals surface area contributed by atoms with Gasteiger partial charge in [0.25, 0.3) is 5.92 Å². The molecule has 8 heteroatoms. The fourth-order valence-corrected chi connectivity index (χ4v) is 4.39. The number of carbonyl (C=O) groups is 1. The smallest absolute Gasteiger partial charge is 0.258 e. The highest BCUT2D eigenvalue weighted by atomic mass is 19.3. The summed E-state index contributed by atoms with van der Waals surface area (Å²) in [5, 5.41) is 15.8. The first-order valence-corrected chi connectivity index (χ1v) is 8.91. The van der Waals surface area contributed by atoms with E-state index in [2.05, 4.69) is 10.4 Å². The third-order valence-corrected chi connectivity index (χ3v) is 5.86. The van der Waals surface area contributed by atoms with Crippen LogP contribution in [0.4, 0.5) is 20.3 Å². The minimum atomic E-state index is -2.76. The number of nitriles is 1. The minimum Gasteiger partial charge on any atom is -0.382 e. The van der Waals surface area contributed by atoms with Crippen LogP contribution in [0.1, 0.15) is 37.7 Å². The number of para-hydroxylation sites is 2. The number of nitrogens with two attached hydrogens (primary N) is 1. The zero-order valence-electron chi connectivity index (χ0n) is 14.6. The Kier molecular flexibility index (Phi) is 3.91. The largest absolute Gasteiger partial charge is 0.382 e. The Hall–Kier alpha value is -2.95. The van der Waals surface area contributed by atoms with Crippen molar-refractivity contribution in [3.63, 3.8) is 0 Å². The average molecular weight is 371 g/mol. The zero-order chi connectivity index (χ0) is 19.2. The summed E-state index contributed by atoms with van der Waals surface area (Å²) in [6.07, 6.45) is 3.54. The van der Waals surface area contributed by atoms with Crippen LogP contribution in [0.5, 0.6) is 0 Å². The lowest BCUT2D eigenvalue weighted by Crippen LogP contribution is -2.23. The quantitative estimate of drug-likeness (QED) is 0.860. The van der Waals surface area contributed by atoms with Gasteiger partial charge >= 0.3 is 0 Å². The van der Waals surface area contributed by atoms with Gasteiger partial charge in [0.05, 0.1) is 23.0 Å². The fraction of sp³-hybridized carbons (Fsp3) is 0.421. The third-order valence-electron chi connectivity index (χ3n) is 5.86. The molecular weight excluding hydrogens is 352 g/mol. The van der Waals surface area contributed by atoms with E-state index in [1.165, 1.54) is 10.9 Å². The summed E-state index contributed by atoms with van der Waals surface area (Å²) < 4.78 is 29.9. The molecule has 3 N–H and O–H groups in total. The lowest BCUT2D eigenvalue weighted by Gasteiger charge is -2.20. The maximum absolute atomic E-state index is 14.3. The van der Waals surface area contributed by atoms with Crippen LogP contribution in [0.2, 0.25) is 0 Å². The van der Waals surface area contributed by atoms with E-state index in [0.29, 0.717) is 24.2 Å². The first kappa shape index (κ1) is 17.5. The van der Waals surface area contributed by atoms with Crippen molar-refractivity contribution < 1.29 is 13.6 Å². The van der Waals surface area contributed by atoms with Gasteiger partial charge in [-0.05, 0) is 25.0 Å². The molecule has 6 nitrogen and oxygen atoms in total. The van der Waals surface area contributed by atoms with Gasteiger partial charge in [-0.3, -0.25) is 4.79 Å². The second kappa shape index (κ2) is 6.05. The van der Waals surface area contributed by atoms with Crippen molar-refractivity contribution in [3.05, 3.63) is 36.0 Å². The number of fused-ring (bicyclic) bond motifs is 1. The van der Waals surface area contributed by atoms with E-state index in [9.17, 15) is 13.6 Å². The molecule has 1 amide bonds. The van der Waals surface area contributed by atoms with Gasteiger partial charge in [-0.25, -0.2) is 13.5 Å². The van der Waals surface area contributed by atoms with Gasteiger partial charge in [0.15, 0.2) is 0 Å². The molecular formula is C19H19F2N5O. The van der Waals surface area contributed by atoms with Crippen LogP contribution in [0.3, 0.4) is 0 Å². The monoisotopic (exact) mass is 371 g/mol. The van der Waals surface area contributed by atoms with Gasteiger partial charge < -0.3 is 11.1 Å². The lowest BCUT2D eigenvalue weighted by atomic mass is 9.85. The molecule has 0 aliphatic heterocycles. The molecule has 1 aromatic carbocycles. The highest BCUT2D eigenvalue weighted by Gasteiger charge is 2.80. The Labute approximate surface area is 155 Å². The number of hydrogen-bond donors (Lipinski definition) is 2. The maximum Gasteiger partial charge on any atom is 0.258 e. The summed E-state index contributed by atoms with van der Waals surface area (Å²) in [4.78, 5) is 12.6. The molecule has 2 fully saturated rings. The summed E-state index contributed by atoms with van der Waals surface area (Å²) in [6.45, 7) is 0. The van der Waals surface area contributed by atoms with E-state index in [0.717, 1.165) is 12.8 Å². The van der Waals surface area contributed by atoms with Gasteiger partial charge in [0.2, 0.25) is 5.91 Å². The molecule has 0 radical (unpaired) electrons. The van der Waals surface area contributed by atoms with Gasteiger partial charge in [0, 0.05) is 12.3 Å². The van der Waals surface area contributed by atoms with Crippen LogP contribution < -0.4 is 11.1 Å². The Bertz CT molecular complexity index is 948. The molecule has 27 heavy (non-hydrogen) atoms. The molecule has 2 atom stereocenters. The van der Waals surface area contributed by atoms with E-state index >= 15 is 0 Å². The predicted molar refractivity (Wildman–Crippen MR) is 95.3 cm³/mol. The lowest BCUT2D eigenvalue weighted by molar-refractivity contribution is -0.118. The molecule has 1 heterocycles. The second-order valence-corrected chi connectivity index (χ2v) is 7.29. The molecule has 2 aliphatic rings. The Morgan fingerprint density at radius 1 is 1.41 bits per heavy atom. The second-order valence-electron chi connectivity index (χ2n) is 7.29. The zero-order valence-corrected chi connectivity index (χ0v) is 14.6. The normalized spacial score (nSPS) is 25.3. The first-order valence-electron chi connectivity index (χ1n) is 8.91. The van der Waals surface area contributed by atoms with Crippen molar-refractivity contribution >= 4 is 17.4 Å². The maximum atomic E-state index is 14.3. The van der Waals surface area contributed by atoms with E-state index in [4.69, 9.17) is 11.0 Å². The van der Waals surface area contributed by atoms with Crippen LogP contribution in [0.15, 0.2) is 30.5 Å². The topological polar surface area (TPSA) is 96.7 Å². The Morgan fingerprint density at radius 2 is 2.19 bits per heavy atom. The molecule has 2 aromatic rings. The summed E-state index contributed by atoms with van der Waals surface area (Å²) in [6, 6.07) is 8.74. The van der Waals surface area contributed by atoms with Gasteiger partial charge in [0.1, 0.15) is 17.5 Å². The van der Waals surface area contributed by atoms with Crippen molar-refractivity contribution in [2.45, 2.75) is 38.0 Å². The molecule has 0 spiro atoms. The molecule has 2 unspecified atom stereocenters. The standard InChI is InChI=1S/C19H19F2N5O/c20-19(21)15-7-3-4-8-18(15,19)9-16(27)25-13-5-1-2-6-14(13)26-17(23)12(10-22)11-24-26/h1-2,5-6,11,15H,3-4,7-9,23H2,(H,25,27). The van der Waals surface area contributed by atoms with Crippen LogP contribution in [-0.2, 0) is 4.79 Å². The molecule has 140 valence electrons. The number of nitrogens with zero attached hydrogens (tertiary/aromatic N) is 3. The SMILES string of the molecule is N#Cc1cnn(-c2ccccc2NC(=O)CC23CCCCC2C3(F)F)c1N. The van der Waals surface area contributed by atoms with E-state index < -0.39 is 23.2 Å². The number of alkyl halides is 2. The molecule has 0 bridgehead atoms. The van der Waals surface area contributed by atoms with Crippen molar-refractivity contribution in [2.24, 2.45) is 11.3 Å². The van der Waals surface area contributed by atoms with Gasteiger partial charge in [-0.2, -0.15) is 10.4 Å². The number of halogens is 2. The number of nitrogen functional groups attached to an aromatic ring is 1. The van der Waals surface area contributed by atoms with Crippen molar-refractivity contribution in [2.75, 3.05) is 11.1 Å². The van der Waals surface area contributed by atoms with Crippen molar-refractivity contribution in [1.29, 1.82) is 5.26 Å². The van der Waals surface area contributed by atoms with Gasteiger partial charge in [-0.1, -0.05) is 25.0 Å². The van der Waals surface area contributed by atoms with Crippen LogP contribution in [0.25, 0.3) is 5.69 Å². The number of nitrogens with one attached hydrogen (secondary N) is 1. The molecule has 2 aliphatic carbocycles. The molecule has 1 aromatic heterocycles.